The van der Waals surface area contributed by atoms with E-state index in [0.717, 1.165) is 56.9 Å². The molecule has 4 heteroatoms. The first-order chi connectivity index (χ1) is 12.8. The minimum atomic E-state index is 0.225. The number of aryl methyl sites for hydroxylation is 1. The molecule has 150 valence electrons. The normalized spacial score (nSPS) is 10.9. The topological polar surface area (TPSA) is 50.7 Å². The van der Waals surface area contributed by atoms with Crippen LogP contribution in [0.15, 0.2) is 12.1 Å². The number of aliphatic hydroxyl groups is 1. The largest absolute Gasteiger partial charge is 0.493 e. The highest BCUT2D eigenvalue weighted by molar-refractivity contribution is 5.49. The van der Waals surface area contributed by atoms with Crippen LogP contribution in [0.3, 0.4) is 0 Å². The molecule has 0 amide bonds. The first kappa shape index (κ1) is 22.8. The van der Waals surface area contributed by atoms with Crippen LogP contribution in [0.5, 0.6) is 11.5 Å². The smallest absolute Gasteiger partial charge is 0.164 e. The molecule has 0 aliphatic rings. The van der Waals surface area contributed by atoms with Crippen LogP contribution < -0.4 is 14.8 Å². The van der Waals surface area contributed by atoms with E-state index in [1.54, 1.807) is 7.11 Å². The van der Waals surface area contributed by atoms with E-state index < -0.39 is 0 Å². The molecular formula is C22H39NO3. The van der Waals surface area contributed by atoms with E-state index in [1.165, 1.54) is 43.2 Å². The van der Waals surface area contributed by atoms with E-state index in [0.29, 0.717) is 0 Å². The lowest BCUT2D eigenvalue weighted by atomic mass is 10.0. The average Bonchev–Trinajstić information content (AvgIpc) is 2.65. The van der Waals surface area contributed by atoms with E-state index >= 15 is 0 Å². The van der Waals surface area contributed by atoms with Gasteiger partial charge in [0.1, 0.15) is 0 Å². The summed E-state index contributed by atoms with van der Waals surface area (Å²) in [4.78, 5) is 0. The van der Waals surface area contributed by atoms with Crippen LogP contribution in [0.2, 0.25) is 0 Å². The molecule has 0 aromatic heterocycles. The fourth-order valence-corrected chi connectivity index (χ4v) is 3.09. The van der Waals surface area contributed by atoms with E-state index in [2.05, 4.69) is 31.3 Å². The maximum absolute atomic E-state index is 8.88. The molecule has 1 aromatic rings. The number of unbranched alkanes of at least 4 members (excludes halogenated alkanes) is 5. The molecular weight excluding hydrogens is 326 g/mol. The molecule has 2 N–H and O–H groups in total. The Kier molecular flexibility index (Phi) is 13.0. The number of nitrogens with one attached hydrogen (secondary N) is 1. The molecule has 0 bridgehead atoms. The first-order valence-corrected chi connectivity index (χ1v) is 10.4. The Hall–Kier alpha value is -1.26. The number of aliphatic hydroxyl groups excluding tert-OH is 1. The zero-order chi connectivity index (χ0) is 19.0. The zero-order valence-electron chi connectivity index (χ0n) is 17.1. The van der Waals surface area contributed by atoms with Crippen molar-refractivity contribution in [2.45, 2.75) is 78.2 Å². The first-order valence-electron chi connectivity index (χ1n) is 10.4. The SMILES string of the molecule is CCCCCCCCOc1c(CCC)cc(CNCCCO)cc1OC. The summed E-state index contributed by atoms with van der Waals surface area (Å²) < 4.78 is 11.8. The van der Waals surface area contributed by atoms with Crippen LogP contribution in [0.4, 0.5) is 0 Å². The third kappa shape index (κ3) is 8.91. The van der Waals surface area contributed by atoms with Gasteiger partial charge in [-0.3, -0.25) is 0 Å². The summed E-state index contributed by atoms with van der Waals surface area (Å²) in [5.41, 5.74) is 2.44. The van der Waals surface area contributed by atoms with Gasteiger partial charge in [-0.15, -0.1) is 0 Å². The number of ether oxygens (including phenoxy) is 2. The number of benzene rings is 1. The molecule has 0 radical (unpaired) electrons. The monoisotopic (exact) mass is 365 g/mol. The van der Waals surface area contributed by atoms with Crippen molar-refractivity contribution in [3.8, 4) is 11.5 Å². The minimum Gasteiger partial charge on any atom is -0.493 e. The van der Waals surface area contributed by atoms with Crippen molar-refractivity contribution >= 4 is 0 Å². The lowest BCUT2D eigenvalue weighted by molar-refractivity contribution is 0.281. The molecule has 0 aliphatic heterocycles. The van der Waals surface area contributed by atoms with Crippen molar-refractivity contribution in [3.63, 3.8) is 0 Å². The van der Waals surface area contributed by atoms with Gasteiger partial charge in [-0.05, 0) is 43.0 Å². The summed E-state index contributed by atoms with van der Waals surface area (Å²) in [6.45, 7) is 7.02. The molecule has 0 saturated carbocycles. The molecule has 4 nitrogen and oxygen atoms in total. The number of methoxy groups -OCH3 is 1. The Balaban J connectivity index is 2.63. The third-order valence-electron chi connectivity index (χ3n) is 4.52. The second-order valence-corrected chi connectivity index (χ2v) is 6.91. The van der Waals surface area contributed by atoms with Gasteiger partial charge in [0.25, 0.3) is 0 Å². The van der Waals surface area contributed by atoms with Crippen LogP contribution in [0, 0.1) is 0 Å². The molecule has 0 aliphatic carbocycles. The summed E-state index contributed by atoms with van der Waals surface area (Å²) in [5, 5.41) is 12.2. The van der Waals surface area contributed by atoms with Gasteiger partial charge in [-0.2, -0.15) is 0 Å². The van der Waals surface area contributed by atoms with E-state index in [1.807, 2.05) is 0 Å². The van der Waals surface area contributed by atoms with Crippen LogP contribution in [-0.2, 0) is 13.0 Å². The number of hydrogen-bond donors (Lipinski definition) is 2. The number of hydrogen-bond acceptors (Lipinski definition) is 4. The van der Waals surface area contributed by atoms with Crippen molar-refractivity contribution in [1.29, 1.82) is 0 Å². The van der Waals surface area contributed by atoms with Crippen molar-refractivity contribution in [3.05, 3.63) is 23.3 Å². The van der Waals surface area contributed by atoms with Crippen LogP contribution in [-0.4, -0.2) is 32.0 Å². The van der Waals surface area contributed by atoms with E-state index in [4.69, 9.17) is 14.6 Å². The van der Waals surface area contributed by atoms with E-state index in [-0.39, 0.29) is 6.61 Å². The fraction of sp³-hybridized carbons (Fsp3) is 0.727. The van der Waals surface area contributed by atoms with Crippen LogP contribution in [0.25, 0.3) is 0 Å². The Bertz CT molecular complexity index is 477. The Labute approximate surface area is 160 Å². The second kappa shape index (κ2) is 14.9. The van der Waals surface area contributed by atoms with Crippen molar-refractivity contribution < 1.29 is 14.6 Å². The molecule has 0 unspecified atom stereocenters. The molecule has 1 aromatic carbocycles. The average molecular weight is 366 g/mol. The lowest BCUT2D eigenvalue weighted by Crippen LogP contribution is -2.16. The Morgan fingerprint density at radius 2 is 1.73 bits per heavy atom. The van der Waals surface area contributed by atoms with Crippen LogP contribution >= 0.6 is 0 Å². The highest BCUT2D eigenvalue weighted by Gasteiger charge is 2.13. The maximum atomic E-state index is 8.88. The minimum absolute atomic E-state index is 0.225. The van der Waals surface area contributed by atoms with Gasteiger partial charge in [0.15, 0.2) is 11.5 Å². The lowest BCUT2D eigenvalue weighted by Gasteiger charge is -2.17. The molecule has 0 heterocycles. The van der Waals surface area contributed by atoms with Gasteiger partial charge in [0, 0.05) is 13.2 Å². The zero-order valence-corrected chi connectivity index (χ0v) is 17.1. The highest BCUT2D eigenvalue weighted by Crippen LogP contribution is 2.34. The van der Waals surface area contributed by atoms with Crippen molar-refractivity contribution in [2.24, 2.45) is 0 Å². The second-order valence-electron chi connectivity index (χ2n) is 6.91. The standard InChI is InChI=1S/C22H39NO3/c1-4-6-7-8-9-10-15-26-22-20(12-5-2)16-19(17-21(22)25-3)18-23-13-11-14-24/h16-17,23-24H,4-15,18H2,1-3H3. The summed E-state index contributed by atoms with van der Waals surface area (Å²) in [6.07, 6.45) is 10.4. The van der Waals surface area contributed by atoms with Gasteiger partial charge < -0.3 is 19.9 Å². The maximum Gasteiger partial charge on any atom is 0.164 e. The molecule has 0 saturated heterocycles. The van der Waals surface area contributed by atoms with Gasteiger partial charge in [-0.1, -0.05) is 58.4 Å². The van der Waals surface area contributed by atoms with Crippen LogP contribution in [0.1, 0.15) is 76.3 Å². The van der Waals surface area contributed by atoms with Crippen molar-refractivity contribution in [2.75, 3.05) is 26.9 Å². The van der Waals surface area contributed by atoms with E-state index in [9.17, 15) is 0 Å². The summed E-state index contributed by atoms with van der Waals surface area (Å²) in [5.74, 6) is 1.75. The predicted molar refractivity (Wildman–Crippen MR) is 109 cm³/mol. The van der Waals surface area contributed by atoms with Gasteiger partial charge in [0.2, 0.25) is 0 Å². The highest BCUT2D eigenvalue weighted by atomic mass is 16.5. The Morgan fingerprint density at radius 3 is 2.42 bits per heavy atom. The summed E-state index contributed by atoms with van der Waals surface area (Å²) in [7, 11) is 1.71. The van der Waals surface area contributed by atoms with Gasteiger partial charge in [-0.25, -0.2) is 0 Å². The molecule has 26 heavy (non-hydrogen) atoms. The molecule has 0 atom stereocenters. The fourth-order valence-electron chi connectivity index (χ4n) is 3.09. The third-order valence-corrected chi connectivity index (χ3v) is 4.52. The quantitative estimate of drug-likeness (QED) is 0.411. The summed E-state index contributed by atoms with van der Waals surface area (Å²) in [6, 6.07) is 4.30. The molecule has 1 rings (SSSR count). The molecule has 0 spiro atoms. The predicted octanol–water partition coefficient (Wildman–Crippen LogP) is 4.86. The molecule has 0 fully saturated rings. The summed E-state index contributed by atoms with van der Waals surface area (Å²) >= 11 is 0. The Morgan fingerprint density at radius 1 is 0.962 bits per heavy atom. The van der Waals surface area contributed by atoms with Gasteiger partial charge >= 0.3 is 0 Å². The van der Waals surface area contributed by atoms with Crippen molar-refractivity contribution in [1.82, 2.24) is 5.32 Å². The van der Waals surface area contributed by atoms with Gasteiger partial charge in [0.05, 0.1) is 13.7 Å². The number of rotatable bonds is 16.